The molecule has 0 saturated heterocycles. The molecule has 1 aromatic carbocycles. The molecule has 2 rings (SSSR count). The number of anilines is 1. The van der Waals surface area contributed by atoms with Gasteiger partial charge in [0.25, 0.3) is 0 Å². The maximum absolute atomic E-state index is 12.9. The minimum Gasteiger partial charge on any atom is -0.378 e. The van der Waals surface area contributed by atoms with Crippen molar-refractivity contribution in [1.82, 2.24) is 9.55 Å². The Kier molecular flexibility index (Phi) is 3.42. The number of halogens is 1. The van der Waals surface area contributed by atoms with Crippen LogP contribution >= 0.6 is 0 Å². The normalized spacial score (nSPS) is 10.5. The predicted molar refractivity (Wildman–Crippen MR) is 66.4 cm³/mol. The summed E-state index contributed by atoms with van der Waals surface area (Å²) in [4.78, 5) is 4.28. The van der Waals surface area contributed by atoms with Gasteiger partial charge < -0.3 is 9.88 Å². The van der Waals surface area contributed by atoms with E-state index in [1.807, 2.05) is 13.1 Å². The second kappa shape index (κ2) is 4.99. The van der Waals surface area contributed by atoms with Gasteiger partial charge in [0.1, 0.15) is 11.6 Å². The lowest BCUT2D eigenvalue weighted by Crippen LogP contribution is -2.08. The first kappa shape index (κ1) is 11.6. The van der Waals surface area contributed by atoms with Gasteiger partial charge in [0, 0.05) is 24.6 Å². The zero-order valence-corrected chi connectivity index (χ0v) is 10.1. The average Bonchev–Trinajstić information content (AvgIpc) is 2.75. The number of hydrogen-bond acceptors (Lipinski definition) is 2. The molecule has 4 heteroatoms. The molecule has 0 aliphatic heterocycles. The highest BCUT2D eigenvalue weighted by atomic mass is 19.1. The molecule has 0 spiro atoms. The Morgan fingerprint density at radius 1 is 1.41 bits per heavy atom. The molecule has 0 radical (unpaired) electrons. The van der Waals surface area contributed by atoms with Crippen LogP contribution < -0.4 is 5.32 Å². The zero-order valence-electron chi connectivity index (χ0n) is 10.1. The number of aromatic nitrogens is 2. The van der Waals surface area contributed by atoms with Crippen LogP contribution in [0.25, 0.3) is 0 Å². The van der Waals surface area contributed by atoms with Crippen LogP contribution in [0.3, 0.4) is 0 Å². The molecule has 0 saturated carbocycles. The topological polar surface area (TPSA) is 29.9 Å². The van der Waals surface area contributed by atoms with Gasteiger partial charge in [-0.25, -0.2) is 9.37 Å². The van der Waals surface area contributed by atoms with Crippen molar-refractivity contribution in [3.05, 3.63) is 47.8 Å². The van der Waals surface area contributed by atoms with E-state index in [9.17, 15) is 4.39 Å². The molecule has 90 valence electrons. The van der Waals surface area contributed by atoms with Crippen molar-refractivity contribution in [3.8, 4) is 0 Å². The first-order valence-electron chi connectivity index (χ1n) is 5.70. The molecule has 0 atom stereocenters. The zero-order chi connectivity index (χ0) is 12.3. The lowest BCUT2D eigenvalue weighted by atomic mass is 10.2. The van der Waals surface area contributed by atoms with Gasteiger partial charge in [-0.2, -0.15) is 0 Å². The molecule has 0 bridgehead atoms. The summed E-state index contributed by atoms with van der Waals surface area (Å²) in [5.41, 5.74) is 1.84. The maximum atomic E-state index is 12.9. The lowest BCUT2D eigenvalue weighted by Gasteiger charge is -2.10. The number of hydrogen-bond donors (Lipinski definition) is 1. The van der Waals surface area contributed by atoms with E-state index < -0.39 is 0 Å². The largest absolute Gasteiger partial charge is 0.378 e. The lowest BCUT2D eigenvalue weighted by molar-refractivity contribution is 0.626. The van der Waals surface area contributed by atoms with Gasteiger partial charge in [0.2, 0.25) is 0 Å². The maximum Gasteiger partial charge on any atom is 0.128 e. The van der Waals surface area contributed by atoms with Crippen LogP contribution in [-0.4, -0.2) is 9.55 Å². The number of aryl methyl sites for hydroxylation is 2. The number of benzene rings is 1. The van der Waals surface area contributed by atoms with Crippen molar-refractivity contribution in [2.45, 2.75) is 26.9 Å². The van der Waals surface area contributed by atoms with E-state index in [-0.39, 0.29) is 5.82 Å². The second-order valence-corrected chi connectivity index (χ2v) is 3.94. The Balaban J connectivity index is 2.07. The van der Waals surface area contributed by atoms with Crippen molar-refractivity contribution in [3.63, 3.8) is 0 Å². The van der Waals surface area contributed by atoms with Crippen molar-refractivity contribution in [2.24, 2.45) is 0 Å². The van der Waals surface area contributed by atoms with E-state index in [0.29, 0.717) is 6.54 Å². The SMILES string of the molecule is CCn1ccnc1CNc1ccc(F)cc1C. The van der Waals surface area contributed by atoms with Crippen molar-refractivity contribution in [1.29, 1.82) is 0 Å². The molecule has 3 nitrogen and oxygen atoms in total. The van der Waals surface area contributed by atoms with E-state index >= 15 is 0 Å². The highest BCUT2D eigenvalue weighted by Gasteiger charge is 2.03. The van der Waals surface area contributed by atoms with Gasteiger partial charge in [0.15, 0.2) is 0 Å². The highest BCUT2D eigenvalue weighted by Crippen LogP contribution is 2.16. The fourth-order valence-corrected chi connectivity index (χ4v) is 1.79. The van der Waals surface area contributed by atoms with Crippen LogP contribution in [0.15, 0.2) is 30.6 Å². The van der Waals surface area contributed by atoms with Gasteiger partial charge in [-0.1, -0.05) is 0 Å². The smallest absolute Gasteiger partial charge is 0.128 e. The van der Waals surface area contributed by atoms with Gasteiger partial charge in [-0.15, -0.1) is 0 Å². The molecular formula is C13H16FN3. The molecule has 1 heterocycles. The molecule has 0 unspecified atom stereocenters. The van der Waals surface area contributed by atoms with E-state index in [4.69, 9.17) is 0 Å². The number of rotatable bonds is 4. The van der Waals surface area contributed by atoms with Crippen LogP contribution in [-0.2, 0) is 13.1 Å². The van der Waals surface area contributed by atoms with Crippen LogP contribution in [0.1, 0.15) is 18.3 Å². The summed E-state index contributed by atoms with van der Waals surface area (Å²) in [5.74, 6) is 0.777. The third kappa shape index (κ3) is 2.64. The average molecular weight is 233 g/mol. The quantitative estimate of drug-likeness (QED) is 0.879. The van der Waals surface area contributed by atoms with E-state index in [1.54, 1.807) is 12.3 Å². The summed E-state index contributed by atoms with van der Waals surface area (Å²) in [5, 5.41) is 3.27. The van der Waals surface area contributed by atoms with Crippen LogP contribution in [0.2, 0.25) is 0 Å². The summed E-state index contributed by atoms with van der Waals surface area (Å²) in [7, 11) is 0. The second-order valence-electron chi connectivity index (χ2n) is 3.94. The molecule has 0 fully saturated rings. The molecule has 0 aliphatic carbocycles. The third-order valence-electron chi connectivity index (χ3n) is 2.77. The minimum absolute atomic E-state index is 0.205. The van der Waals surface area contributed by atoms with Crippen LogP contribution in [0, 0.1) is 12.7 Å². The summed E-state index contributed by atoms with van der Waals surface area (Å²) in [6.07, 6.45) is 3.74. The summed E-state index contributed by atoms with van der Waals surface area (Å²) >= 11 is 0. The molecule has 1 N–H and O–H groups in total. The van der Waals surface area contributed by atoms with Gasteiger partial charge in [-0.3, -0.25) is 0 Å². The summed E-state index contributed by atoms with van der Waals surface area (Å²) in [6, 6.07) is 4.74. The van der Waals surface area contributed by atoms with Gasteiger partial charge >= 0.3 is 0 Å². The fraction of sp³-hybridized carbons (Fsp3) is 0.308. The molecule has 0 aliphatic rings. The van der Waals surface area contributed by atoms with Crippen molar-refractivity contribution >= 4 is 5.69 Å². The Morgan fingerprint density at radius 2 is 2.24 bits per heavy atom. The first-order valence-corrected chi connectivity index (χ1v) is 5.70. The van der Waals surface area contributed by atoms with E-state index in [1.165, 1.54) is 12.1 Å². The summed E-state index contributed by atoms with van der Waals surface area (Å²) < 4.78 is 15.0. The third-order valence-corrected chi connectivity index (χ3v) is 2.77. The van der Waals surface area contributed by atoms with Crippen molar-refractivity contribution < 1.29 is 4.39 Å². The molecule has 2 aromatic rings. The Morgan fingerprint density at radius 3 is 2.94 bits per heavy atom. The fourth-order valence-electron chi connectivity index (χ4n) is 1.79. The predicted octanol–water partition coefficient (Wildman–Crippen LogP) is 2.96. The molecular weight excluding hydrogens is 217 g/mol. The van der Waals surface area contributed by atoms with Gasteiger partial charge in [-0.05, 0) is 37.6 Å². The summed E-state index contributed by atoms with van der Waals surface area (Å²) in [6.45, 7) is 5.51. The molecule has 1 aromatic heterocycles. The number of imidazole rings is 1. The van der Waals surface area contributed by atoms with Crippen molar-refractivity contribution in [2.75, 3.05) is 5.32 Å². The first-order chi connectivity index (χ1) is 8.20. The molecule has 17 heavy (non-hydrogen) atoms. The number of nitrogens with one attached hydrogen (secondary N) is 1. The van der Waals surface area contributed by atoms with Crippen LogP contribution in [0.5, 0.6) is 0 Å². The highest BCUT2D eigenvalue weighted by molar-refractivity contribution is 5.50. The Labute approximate surface area is 100 Å². The number of nitrogens with zero attached hydrogens (tertiary/aromatic N) is 2. The monoisotopic (exact) mass is 233 g/mol. The standard InChI is InChI=1S/C13H16FN3/c1-3-17-7-6-15-13(17)9-16-12-5-4-11(14)8-10(12)2/h4-8,16H,3,9H2,1-2H3. The Bertz CT molecular complexity index is 505. The Hall–Kier alpha value is -1.84. The molecule has 0 amide bonds. The van der Waals surface area contributed by atoms with Crippen LogP contribution in [0.4, 0.5) is 10.1 Å². The van der Waals surface area contributed by atoms with E-state index in [0.717, 1.165) is 23.6 Å². The minimum atomic E-state index is -0.205. The van der Waals surface area contributed by atoms with E-state index in [2.05, 4.69) is 21.8 Å². The van der Waals surface area contributed by atoms with Gasteiger partial charge in [0.05, 0.1) is 6.54 Å².